The van der Waals surface area contributed by atoms with Crippen molar-refractivity contribution in [3.05, 3.63) is 36.4 Å². The second kappa shape index (κ2) is 10.0. The van der Waals surface area contributed by atoms with Crippen LogP contribution >= 0.6 is 0 Å². The van der Waals surface area contributed by atoms with Crippen LogP contribution in [0, 0.1) is 17.8 Å². The fourth-order valence-corrected chi connectivity index (χ4v) is 7.70. The van der Waals surface area contributed by atoms with Gasteiger partial charge in [0.15, 0.2) is 0 Å². The number of methoxy groups -OCH3 is 1. The van der Waals surface area contributed by atoms with Gasteiger partial charge in [-0.05, 0) is 55.9 Å². The molecule has 38 heavy (non-hydrogen) atoms. The SMILES string of the molecule is COc1ccc(NC(=O)C2C3C=CC4(O3)C2C(=O)N(C2CCCCC2C)C4C(=O)NC2CCCCC2)cc1. The van der Waals surface area contributed by atoms with E-state index in [-0.39, 0.29) is 29.8 Å². The van der Waals surface area contributed by atoms with Gasteiger partial charge in [0, 0.05) is 17.8 Å². The molecule has 8 nitrogen and oxygen atoms in total. The highest BCUT2D eigenvalue weighted by Crippen LogP contribution is 2.56. The molecule has 6 rings (SSSR count). The number of ether oxygens (including phenoxy) is 2. The Hall–Kier alpha value is -2.87. The first kappa shape index (κ1) is 25.4. The summed E-state index contributed by atoms with van der Waals surface area (Å²) in [6.07, 6.45) is 12.7. The number of amides is 3. The molecule has 8 heteroatoms. The summed E-state index contributed by atoms with van der Waals surface area (Å²) in [5.74, 6) is -0.921. The highest BCUT2D eigenvalue weighted by Gasteiger charge is 2.73. The van der Waals surface area contributed by atoms with Gasteiger partial charge in [0.05, 0.1) is 25.0 Å². The van der Waals surface area contributed by atoms with Crippen LogP contribution in [0.4, 0.5) is 5.69 Å². The fourth-order valence-electron chi connectivity index (χ4n) is 7.70. The lowest BCUT2D eigenvalue weighted by Gasteiger charge is -2.42. The van der Waals surface area contributed by atoms with Crippen molar-refractivity contribution >= 4 is 23.4 Å². The standard InChI is InChI=1S/C30H39N3O5/c1-18-8-6-7-11-22(18)33-26(28(35)32-19-9-4-3-5-10-19)30-17-16-23(38-30)24(25(30)29(33)36)27(34)31-20-12-14-21(37-2)15-13-20/h12-19,22-26H,3-11H2,1-2H3,(H,31,34)(H,32,35). The topological polar surface area (TPSA) is 97.0 Å². The van der Waals surface area contributed by atoms with E-state index in [1.165, 1.54) is 6.42 Å². The van der Waals surface area contributed by atoms with Crippen molar-refractivity contribution in [3.8, 4) is 5.75 Å². The van der Waals surface area contributed by atoms with Crippen molar-refractivity contribution in [2.75, 3.05) is 12.4 Å². The molecular formula is C30H39N3O5. The van der Waals surface area contributed by atoms with Crippen LogP contribution in [0.2, 0.25) is 0 Å². The number of anilines is 1. The van der Waals surface area contributed by atoms with Crippen molar-refractivity contribution in [3.63, 3.8) is 0 Å². The van der Waals surface area contributed by atoms with Gasteiger partial charge in [-0.3, -0.25) is 14.4 Å². The summed E-state index contributed by atoms with van der Waals surface area (Å²) < 4.78 is 11.7. The minimum Gasteiger partial charge on any atom is -0.497 e. The molecule has 204 valence electrons. The zero-order chi connectivity index (χ0) is 26.4. The Labute approximate surface area is 224 Å². The van der Waals surface area contributed by atoms with Crippen molar-refractivity contribution in [2.45, 2.75) is 94.5 Å². The number of fused-ring (bicyclic) bond motifs is 1. The molecule has 3 aliphatic heterocycles. The summed E-state index contributed by atoms with van der Waals surface area (Å²) >= 11 is 0. The van der Waals surface area contributed by atoms with Gasteiger partial charge < -0.3 is 25.0 Å². The molecule has 0 radical (unpaired) electrons. The Morgan fingerprint density at radius 3 is 2.42 bits per heavy atom. The van der Waals surface area contributed by atoms with Crippen LogP contribution in [-0.4, -0.2) is 59.6 Å². The van der Waals surface area contributed by atoms with E-state index in [0.29, 0.717) is 17.4 Å². The van der Waals surface area contributed by atoms with E-state index in [0.717, 1.165) is 51.4 Å². The largest absolute Gasteiger partial charge is 0.497 e. The predicted octanol–water partition coefficient (Wildman–Crippen LogP) is 3.81. The van der Waals surface area contributed by atoms with Gasteiger partial charge in [0.1, 0.15) is 17.4 Å². The Balaban J connectivity index is 1.31. The third-order valence-corrected chi connectivity index (χ3v) is 9.60. The Morgan fingerprint density at radius 1 is 1.00 bits per heavy atom. The van der Waals surface area contributed by atoms with E-state index in [2.05, 4.69) is 17.6 Å². The maximum Gasteiger partial charge on any atom is 0.246 e. The molecule has 1 spiro atoms. The number of likely N-dealkylation sites (tertiary alicyclic amines) is 1. The molecule has 3 amide bonds. The van der Waals surface area contributed by atoms with Crippen LogP contribution in [0.15, 0.2) is 36.4 Å². The highest BCUT2D eigenvalue weighted by molar-refractivity contribution is 6.03. The van der Waals surface area contributed by atoms with Crippen LogP contribution in [0.3, 0.4) is 0 Å². The lowest BCUT2D eigenvalue weighted by molar-refractivity contribution is -0.146. The lowest BCUT2D eigenvalue weighted by atomic mass is 9.74. The number of nitrogens with zero attached hydrogens (tertiary/aromatic N) is 1. The maximum atomic E-state index is 14.3. The van der Waals surface area contributed by atoms with E-state index in [1.807, 2.05) is 17.1 Å². The number of rotatable bonds is 6. The second-order valence-corrected chi connectivity index (χ2v) is 11.8. The number of benzene rings is 1. The van der Waals surface area contributed by atoms with Crippen LogP contribution < -0.4 is 15.4 Å². The normalized spacial score (nSPS) is 36.3. The Morgan fingerprint density at radius 2 is 1.71 bits per heavy atom. The van der Waals surface area contributed by atoms with E-state index in [1.54, 1.807) is 31.4 Å². The number of carbonyl (C=O) groups excluding carboxylic acids is 3. The van der Waals surface area contributed by atoms with Gasteiger partial charge in [-0.1, -0.05) is 51.2 Å². The molecule has 2 saturated carbocycles. The first-order valence-electron chi connectivity index (χ1n) is 14.4. The monoisotopic (exact) mass is 521 g/mol. The molecule has 1 aromatic carbocycles. The molecule has 2 N–H and O–H groups in total. The van der Waals surface area contributed by atoms with E-state index < -0.39 is 29.6 Å². The van der Waals surface area contributed by atoms with Crippen LogP contribution in [0.25, 0.3) is 0 Å². The number of hydrogen-bond donors (Lipinski definition) is 2. The van der Waals surface area contributed by atoms with Crippen molar-refractivity contribution in [1.29, 1.82) is 0 Å². The van der Waals surface area contributed by atoms with Gasteiger partial charge >= 0.3 is 0 Å². The average molecular weight is 522 g/mol. The average Bonchev–Trinajstić information content (AvgIpc) is 3.57. The molecule has 4 fully saturated rings. The van der Waals surface area contributed by atoms with E-state index >= 15 is 0 Å². The molecule has 3 heterocycles. The molecule has 0 aromatic heterocycles. The first-order valence-corrected chi connectivity index (χ1v) is 14.4. The number of hydrogen-bond acceptors (Lipinski definition) is 5. The summed E-state index contributed by atoms with van der Waals surface area (Å²) in [6, 6.07) is 6.48. The summed E-state index contributed by atoms with van der Waals surface area (Å²) in [4.78, 5) is 43.8. The van der Waals surface area contributed by atoms with Gasteiger partial charge in [0.25, 0.3) is 0 Å². The van der Waals surface area contributed by atoms with Gasteiger partial charge in [-0.15, -0.1) is 0 Å². The zero-order valence-corrected chi connectivity index (χ0v) is 22.4. The summed E-state index contributed by atoms with van der Waals surface area (Å²) in [7, 11) is 1.59. The molecule has 2 aliphatic carbocycles. The Bertz CT molecular complexity index is 1110. The molecule has 7 atom stereocenters. The van der Waals surface area contributed by atoms with Crippen LogP contribution in [0.5, 0.6) is 5.75 Å². The molecular weight excluding hydrogens is 482 g/mol. The first-order chi connectivity index (χ1) is 18.4. The van der Waals surface area contributed by atoms with Crippen molar-refractivity contribution in [1.82, 2.24) is 10.2 Å². The van der Waals surface area contributed by atoms with Gasteiger partial charge in [0.2, 0.25) is 17.7 Å². The van der Waals surface area contributed by atoms with Crippen molar-refractivity contribution in [2.24, 2.45) is 17.8 Å². The van der Waals surface area contributed by atoms with E-state index in [4.69, 9.17) is 9.47 Å². The summed E-state index contributed by atoms with van der Waals surface area (Å²) in [6.45, 7) is 2.18. The molecule has 2 saturated heterocycles. The third-order valence-electron chi connectivity index (χ3n) is 9.60. The summed E-state index contributed by atoms with van der Waals surface area (Å²) in [5, 5.41) is 6.27. The summed E-state index contributed by atoms with van der Waals surface area (Å²) in [5.41, 5.74) is -0.481. The minimum atomic E-state index is -1.11. The quantitative estimate of drug-likeness (QED) is 0.555. The highest BCUT2D eigenvalue weighted by atomic mass is 16.5. The number of nitrogens with one attached hydrogen (secondary N) is 2. The third kappa shape index (κ3) is 4.12. The Kier molecular flexibility index (Phi) is 6.70. The smallest absolute Gasteiger partial charge is 0.246 e. The second-order valence-electron chi connectivity index (χ2n) is 11.8. The van der Waals surface area contributed by atoms with Crippen LogP contribution in [-0.2, 0) is 19.1 Å². The lowest BCUT2D eigenvalue weighted by Crippen LogP contribution is -2.59. The van der Waals surface area contributed by atoms with Gasteiger partial charge in [-0.2, -0.15) is 0 Å². The fraction of sp³-hybridized carbons (Fsp3) is 0.633. The van der Waals surface area contributed by atoms with Crippen molar-refractivity contribution < 1.29 is 23.9 Å². The molecule has 5 aliphatic rings. The van der Waals surface area contributed by atoms with Crippen LogP contribution in [0.1, 0.15) is 64.7 Å². The predicted molar refractivity (Wildman–Crippen MR) is 142 cm³/mol. The molecule has 1 aromatic rings. The number of carbonyl (C=O) groups is 3. The van der Waals surface area contributed by atoms with E-state index in [9.17, 15) is 14.4 Å². The van der Waals surface area contributed by atoms with Gasteiger partial charge in [-0.25, -0.2) is 0 Å². The zero-order valence-electron chi connectivity index (χ0n) is 22.4. The molecule has 7 unspecified atom stereocenters. The molecule has 2 bridgehead atoms. The maximum absolute atomic E-state index is 14.3. The minimum absolute atomic E-state index is 0.0281.